The van der Waals surface area contributed by atoms with Gasteiger partial charge in [-0.3, -0.25) is 4.79 Å². The molecule has 0 fully saturated rings. The third-order valence-electron chi connectivity index (χ3n) is 1.37. The van der Waals surface area contributed by atoms with Gasteiger partial charge in [-0.05, 0) is 6.07 Å². The summed E-state index contributed by atoms with van der Waals surface area (Å²) in [6.45, 7) is 0. The summed E-state index contributed by atoms with van der Waals surface area (Å²) in [5, 5.41) is 0. The zero-order valence-corrected chi connectivity index (χ0v) is 5.75. The van der Waals surface area contributed by atoms with Crippen molar-refractivity contribution in [3.8, 4) is 0 Å². The van der Waals surface area contributed by atoms with Crippen molar-refractivity contribution in [2.24, 2.45) is 5.73 Å². The van der Waals surface area contributed by atoms with Gasteiger partial charge in [0.1, 0.15) is 11.9 Å². The second-order valence-corrected chi connectivity index (χ2v) is 2.12. The summed E-state index contributed by atoms with van der Waals surface area (Å²) in [5.41, 5.74) is 5.41. The highest BCUT2D eigenvalue weighted by Crippen LogP contribution is 2.11. The van der Waals surface area contributed by atoms with Crippen LogP contribution in [0.3, 0.4) is 0 Å². The third-order valence-corrected chi connectivity index (χ3v) is 1.37. The lowest BCUT2D eigenvalue weighted by atomic mass is 10.1. The Bertz CT molecular complexity index is 262. The molecule has 0 aromatic heterocycles. The van der Waals surface area contributed by atoms with E-state index in [-0.39, 0.29) is 5.56 Å². The summed E-state index contributed by atoms with van der Waals surface area (Å²) in [6, 6.07) is 4.90. The van der Waals surface area contributed by atoms with Crippen LogP contribution in [0.2, 0.25) is 0 Å². The number of halogens is 1. The minimum atomic E-state index is -0.976. The van der Waals surface area contributed by atoms with Crippen molar-refractivity contribution in [3.63, 3.8) is 0 Å². The monoisotopic (exact) mass is 152 g/mol. The molecule has 0 aliphatic carbocycles. The normalized spacial score (nSPS) is 12.5. The van der Waals surface area contributed by atoms with E-state index in [1.54, 1.807) is 6.07 Å². The molecule has 0 amide bonds. The van der Waals surface area contributed by atoms with E-state index in [2.05, 4.69) is 0 Å². The zero-order valence-electron chi connectivity index (χ0n) is 5.75. The van der Waals surface area contributed by atoms with Gasteiger partial charge in [0.15, 0.2) is 0 Å². The van der Waals surface area contributed by atoms with E-state index in [0.717, 1.165) is 0 Å². The van der Waals surface area contributed by atoms with Gasteiger partial charge >= 0.3 is 0 Å². The van der Waals surface area contributed by atoms with E-state index in [1.165, 1.54) is 24.5 Å². The standard InChI is InChI=1S/C8H7FNO/c9-7-4-2-1-3-6(7)8(10)5-11/h1-4,8H,10H2. The van der Waals surface area contributed by atoms with Crippen LogP contribution >= 0.6 is 0 Å². The van der Waals surface area contributed by atoms with Gasteiger partial charge in [-0.2, -0.15) is 0 Å². The van der Waals surface area contributed by atoms with Crippen LogP contribution < -0.4 is 5.73 Å². The molecule has 0 saturated carbocycles. The number of nitrogens with two attached hydrogens (primary N) is 1. The quantitative estimate of drug-likeness (QED) is 0.685. The van der Waals surface area contributed by atoms with Crippen LogP contribution in [0.25, 0.3) is 0 Å². The predicted octanol–water partition coefficient (Wildman–Crippen LogP) is 0.935. The van der Waals surface area contributed by atoms with E-state index in [4.69, 9.17) is 5.73 Å². The van der Waals surface area contributed by atoms with E-state index >= 15 is 0 Å². The molecular weight excluding hydrogens is 145 g/mol. The van der Waals surface area contributed by atoms with Crippen molar-refractivity contribution < 1.29 is 9.18 Å². The second-order valence-electron chi connectivity index (χ2n) is 2.12. The summed E-state index contributed by atoms with van der Waals surface area (Å²) in [7, 11) is 0. The van der Waals surface area contributed by atoms with Crippen LogP contribution in [0.5, 0.6) is 0 Å². The zero-order chi connectivity index (χ0) is 8.27. The van der Waals surface area contributed by atoms with E-state index in [1.807, 2.05) is 0 Å². The van der Waals surface area contributed by atoms with Crippen LogP contribution in [0.4, 0.5) is 4.39 Å². The molecule has 1 aromatic rings. The molecule has 1 unspecified atom stereocenters. The fourth-order valence-corrected chi connectivity index (χ4v) is 0.791. The average Bonchev–Trinajstić information content (AvgIpc) is 2.04. The molecule has 0 aliphatic heterocycles. The molecular formula is C8H7FNO. The van der Waals surface area contributed by atoms with Crippen molar-refractivity contribution in [1.29, 1.82) is 0 Å². The molecule has 1 atom stereocenters. The molecule has 0 spiro atoms. The van der Waals surface area contributed by atoms with Crippen LogP contribution in [-0.4, -0.2) is 6.29 Å². The van der Waals surface area contributed by atoms with Crippen molar-refractivity contribution >= 4 is 6.29 Å². The van der Waals surface area contributed by atoms with Crippen LogP contribution in [-0.2, 0) is 4.79 Å². The molecule has 57 valence electrons. The van der Waals surface area contributed by atoms with Gasteiger partial charge in [-0.15, -0.1) is 0 Å². The fourth-order valence-electron chi connectivity index (χ4n) is 0.791. The second kappa shape index (κ2) is 3.25. The van der Waals surface area contributed by atoms with Crippen molar-refractivity contribution in [3.05, 3.63) is 35.6 Å². The molecule has 0 saturated heterocycles. The molecule has 0 bridgehead atoms. The highest BCUT2D eigenvalue weighted by molar-refractivity contribution is 5.61. The molecule has 0 heterocycles. The molecule has 1 radical (unpaired) electrons. The maximum Gasteiger partial charge on any atom is 0.221 e. The highest BCUT2D eigenvalue weighted by atomic mass is 19.1. The molecule has 1 aromatic carbocycles. The molecule has 2 N–H and O–H groups in total. The van der Waals surface area contributed by atoms with E-state index in [9.17, 15) is 9.18 Å². The first-order chi connectivity index (χ1) is 5.25. The summed E-state index contributed by atoms with van der Waals surface area (Å²) in [5.74, 6) is -0.469. The first-order valence-corrected chi connectivity index (χ1v) is 3.13. The lowest BCUT2D eigenvalue weighted by molar-refractivity contribution is 0.537. The van der Waals surface area contributed by atoms with Gasteiger partial charge in [0, 0.05) is 5.56 Å². The molecule has 1 rings (SSSR count). The maximum atomic E-state index is 12.8. The first-order valence-electron chi connectivity index (χ1n) is 3.13. The molecule has 3 heteroatoms. The van der Waals surface area contributed by atoms with E-state index < -0.39 is 11.9 Å². The topological polar surface area (TPSA) is 43.1 Å². The minimum absolute atomic E-state index is 0.183. The Labute approximate surface area is 63.8 Å². The number of hydrogen-bond acceptors (Lipinski definition) is 2. The third kappa shape index (κ3) is 1.62. The Morgan fingerprint density at radius 2 is 2.09 bits per heavy atom. The SMILES string of the molecule is NC([C]=O)c1ccccc1F. The largest absolute Gasteiger partial charge is 0.317 e. The number of carbonyl (C=O) groups excluding carboxylic acids is 1. The van der Waals surface area contributed by atoms with Crippen molar-refractivity contribution in [2.45, 2.75) is 6.04 Å². The summed E-state index contributed by atoms with van der Waals surface area (Å²) in [4.78, 5) is 10.0. The minimum Gasteiger partial charge on any atom is -0.317 e. The molecule has 0 aliphatic rings. The molecule has 2 nitrogen and oxygen atoms in total. The first kappa shape index (κ1) is 7.88. The lowest BCUT2D eigenvalue weighted by Gasteiger charge is -2.02. The Morgan fingerprint density at radius 3 is 2.64 bits per heavy atom. The molecule has 11 heavy (non-hydrogen) atoms. The van der Waals surface area contributed by atoms with Gasteiger partial charge in [0.25, 0.3) is 0 Å². The van der Waals surface area contributed by atoms with Gasteiger partial charge in [-0.25, -0.2) is 4.39 Å². The number of rotatable bonds is 2. The Morgan fingerprint density at radius 1 is 1.45 bits per heavy atom. The van der Waals surface area contributed by atoms with Crippen molar-refractivity contribution in [1.82, 2.24) is 0 Å². The average molecular weight is 152 g/mol. The maximum absolute atomic E-state index is 12.8. The van der Waals surface area contributed by atoms with Crippen LogP contribution in [0, 0.1) is 5.82 Å². The Balaban J connectivity index is 3.02. The number of hydrogen-bond donors (Lipinski definition) is 1. The van der Waals surface area contributed by atoms with Gasteiger partial charge in [0.2, 0.25) is 6.29 Å². The van der Waals surface area contributed by atoms with Gasteiger partial charge in [0.05, 0.1) is 0 Å². The van der Waals surface area contributed by atoms with Crippen LogP contribution in [0.15, 0.2) is 24.3 Å². The highest BCUT2D eigenvalue weighted by Gasteiger charge is 2.08. The van der Waals surface area contributed by atoms with E-state index in [0.29, 0.717) is 0 Å². The van der Waals surface area contributed by atoms with Crippen LogP contribution in [0.1, 0.15) is 11.6 Å². The fraction of sp³-hybridized carbons (Fsp3) is 0.125. The van der Waals surface area contributed by atoms with Crippen molar-refractivity contribution in [2.75, 3.05) is 0 Å². The van der Waals surface area contributed by atoms with Gasteiger partial charge in [-0.1, -0.05) is 18.2 Å². The Kier molecular flexibility index (Phi) is 2.33. The number of benzene rings is 1. The Hall–Kier alpha value is -1.22. The lowest BCUT2D eigenvalue weighted by Crippen LogP contribution is -2.12. The van der Waals surface area contributed by atoms with Gasteiger partial charge < -0.3 is 5.73 Å². The smallest absolute Gasteiger partial charge is 0.221 e. The summed E-state index contributed by atoms with van der Waals surface area (Å²) < 4.78 is 12.8. The summed E-state index contributed by atoms with van der Waals surface area (Å²) >= 11 is 0. The summed E-state index contributed by atoms with van der Waals surface area (Å²) in [6.07, 6.45) is 1.51. The predicted molar refractivity (Wildman–Crippen MR) is 39.0 cm³/mol.